The summed E-state index contributed by atoms with van der Waals surface area (Å²) in [6.07, 6.45) is 3.65. The van der Waals surface area contributed by atoms with Crippen LogP contribution in [-0.2, 0) is 23.6 Å². The second kappa shape index (κ2) is 7.17. The van der Waals surface area contributed by atoms with Crippen LogP contribution < -0.4 is 10.5 Å². The number of benzene rings is 2. The molecule has 0 aliphatic rings. The van der Waals surface area contributed by atoms with Crippen LogP contribution in [0, 0.1) is 10.1 Å². The molecule has 3 rings (SSSR count). The number of hydrogen-bond acceptors (Lipinski definition) is 6. The van der Waals surface area contributed by atoms with E-state index in [9.17, 15) is 18.5 Å². The lowest BCUT2D eigenvalue weighted by Crippen LogP contribution is -2.13. The molecule has 3 N–H and O–H groups in total. The van der Waals surface area contributed by atoms with Gasteiger partial charge in [0.2, 0.25) is 10.0 Å². The van der Waals surface area contributed by atoms with Crippen molar-refractivity contribution in [2.24, 2.45) is 12.2 Å². The Hall–Kier alpha value is -3.24. The maximum atomic E-state index is 11.6. The monoisotopic (exact) mass is 387 g/mol. The predicted octanol–water partition coefficient (Wildman–Crippen LogP) is 2.25. The maximum Gasteiger partial charge on any atom is 0.272 e. The molecule has 1 heterocycles. The first-order chi connectivity index (χ1) is 12.7. The van der Waals surface area contributed by atoms with E-state index in [1.165, 1.54) is 12.1 Å². The molecule has 0 saturated carbocycles. The number of nitrogens with one attached hydrogen (secondary N) is 1. The van der Waals surface area contributed by atoms with Crippen LogP contribution in [0.1, 0.15) is 5.56 Å². The third kappa shape index (κ3) is 4.49. The van der Waals surface area contributed by atoms with E-state index in [1.54, 1.807) is 10.9 Å². The summed E-state index contributed by atoms with van der Waals surface area (Å²) in [4.78, 5) is 10.1. The number of anilines is 1. The number of nitrogens with zero attached hydrogens (tertiary/aromatic N) is 3. The van der Waals surface area contributed by atoms with Gasteiger partial charge in [-0.05, 0) is 23.3 Å². The Morgan fingerprint density at radius 1 is 1.22 bits per heavy atom. The smallest absolute Gasteiger partial charge is 0.272 e. The zero-order valence-electron chi connectivity index (χ0n) is 14.4. The fourth-order valence-electron chi connectivity index (χ4n) is 2.59. The molecule has 0 spiro atoms. The average Bonchev–Trinajstić information content (AvgIpc) is 3.06. The van der Waals surface area contributed by atoms with Crippen molar-refractivity contribution >= 4 is 21.4 Å². The van der Waals surface area contributed by atoms with E-state index in [1.807, 2.05) is 37.5 Å². The van der Waals surface area contributed by atoms with Gasteiger partial charge in [-0.15, -0.1) is 0 Å². The zero-order valence-corrected chi connectivity index (χ0v) is 15.2. The van der Waals surface area contributed by atoms with Crippen LogP contribution in [0.5, 0.6) is 0 Å². The van der Waals surface area contributed by atoms with Gasteiger partial charge < -0.3 is 5.32 Å². The minimum absolute atomic E-state index is 0.292. The highest BCUT2D eigenvalue weighted by atomic mass is 32.2. The number of non-ortho nitro benzene ring substituents is 1. The van der Waals surface area contributed by atoms with Crippen LogP contribution >= 0.6 is 0 Å². The molecule has 2 aromatic carbocycles. The average molecular weight is 387 g/mol. The molecule has 0 saturated heterocycles. The Kier molecular flexibility index (Phi) is 4.93. The third-order valence-corrected chi connectivity index (χ3v) is 4.79. The molecule has 0 fully saturated rings. The highest BCUT2D eigenvalue weighted by Crippen LogP contribution is 2.25. The minimum Gasteiger partial charge on any atom is -0.381 e. The molecule has 0 atom stereocenters. The van der Waals surface area contributed by atoms with E-state index in [0.717, 1.165) is 22.8 Å². The van der Waals surface area contributed by atoms with Crippen molar-refractivity contribution in [2.75, 3.05) is 5.32 Å². The SMILES string of the molecule is Cn1cc(-c2cccc(CNc3cc([N+](=O)[O-])cc(S(N)(=O)=O)c3)c2)cn1. The molecule has 1 aromatic heterocycles. The Morgan fingerprint density at radius 2 is 2.00 bits per heavy atom. The highest BCUT2D eigenvalue weighted by Gasteiger charge is 2.16. The van der Waals surface area contributed by atoms with Gasteiger partial charge in [0.1, 0.15) is 0 Å². The largest absolute Gasteiger partial charge is 0.381 e. The lowest BCUT2D eigenvalue weighted by atomic mass is 10.1. The van der Waals surface area contributed by atoms with E-state index in [0.29, 0.717) is 12.2 Å². The second-order valence-electron chi connectivity index (χ2n) is 5.97. The molecular weight excluding hydrogens is 370 g/mol. The quantitative estimate of drug-likeness (QED) is 0.492. The zero-order chi connectivity index (χ0) is 19.6. The Balaban J connectivity index is 1.84. The topological polar surface area (TPSA) is 133 Å². The van der Waals surface area contributed by atoms with Crippen molar-refractivity contribution in [1.82, 2.24) is 9.78 Å². The standard InChI is InChI=1S/C17H17N5O4S/c1-21-11-14(10-20-21)13-4-2-3-12(5-13)9-19-15-6-16(22(23)24)8-17(7-15)27(18,25)26/h2-8,10-11,19H,9H2,1H3,(H2,18,25,26). The number of primary sulfonamides is 1. The van der Waals surface area contributed by atoms with Crippen molar-refractivity contribution in [1.29, 1.82) is 0 Å². The summed E-state index contributed by atoms with van der Waals surface area (Å²) < 4.78 is 24.8. The minimum atomic E-state index is -4.06. The Morgan fingerprint density at radius 3 is 2.63 bits per heavy atom. The van der Waals surface area contributed by atoms with Crippen molar-refractivity contribution in [3.63, 3.8) is 0 Å². The molecular formula is C17H17N5O4S. The first-order valence-electron chi connectivity index (χ1n) is 7.86. The fourth-order valence-corrected chi connectivity index (χ4v) is 3.17. The lowest BCUT2D eigenvalue weighted by molar-refractivity contribution is -0.385. The number of nitrogens with two attached hydrogens (primary N) is 1. The van der Waals surface area contributed by atoms with Crippen LogP contribution in [-0.4, -0.2) is 23.1 Å². The molecule has 0 bridgehead atoms. The summed E-state index contributed by atoms with van der Waals surface area (Å²) in [6, 6.07) is 11.2. The van der Waals surface area contributed by atoms with Gasteiger partial charge in [-0.3, -0.25) is 14.8 Å². The second-order valence-corrected chi connectivity index (χ2v) is 7.54. The first-order valence-corrected chi connectivity index (χ1v) is 9.41. The van der Waals surface area contributed by atoms with E-state index in [2.05, 4.69) is 10.4 Å². The number of hydrogen-bond donors (Lipinski definition) is 2. The summed E-state index contributed by atoms with van der Waals surface area (Å²) in [5.41, 5.74) is 2.80. The summed E-state index contributed by atoms with van der Waals surface area (Å²) in [5, 5.41) is 23.3. The van der Waals surface area contributed by atoms with Gasteiger partial charge in [-0.25, -0.2) is 13.6 Å². The molecule has 0 amide bonds. The van der Waals surface area contributed by atoms with Crippen LogP contribution in [0.3, 0.4) is 0 Å². The van der Waals surface area contributed by atoms with Gasteiger partial charge in [-0.2, -0.15) is 5.10 Å². The lowest BCUT2D eigenvalue weighted by Gasteiger charge is -2.09. The van der Waals surface area contributed by atoms with Gasteiger partial charge in [0.25, 0.3) is 5.69 Å². The fraction of sp³-hybridized carbons (Fsp3) is 0.118. The number of rotatable bonds is 6. The van der Waals surface area contributed by atoms with E-state index in [-0.39, 0.29) is 10.6 Å². The van der Waals surface area contributed by atoms with Crippen molar-refractivity contribution in [2.45, 2.75) is 11.4 Å². The van der Waals surface area contributed by atoms with Crippen LogP contribution in [0.4, 0.5) is 11.4 Å². The van der Waals surface area contributed by atoms with E-state index >= 15 is 0 Å². The number of nitro groups is 1. The molecule has 27 heavy (non-hydrogen) atoms. The predicted molar refractivity (Wildman–Crippen MR) is 100 cm³/mol. The number of aryl methyl sites for hydroxylation is 1. The summed E-state index contributed by atoms with van der Waals surface area (Å²) >= 11 is 0. The van der Waals surface area contributed by atoms with Crippen molar-refractivity contribution < 1.29 is 13.3 Å². The molecule has 3 aromatic rings. The van der Waals surface area contributed by atoms with E-state index < -0.39 is 14.9 Å². The summed E-state index contributed by atoms with van der Waals surface area (Å²) in [5.74, 6) is 0. The van der Waals surface area contributed by atoms with Gasteiger partial charge in [0.15, 0.2) is 0 Å². The highest BCUT2D eigenvalue weighted by molar-refractivity contribution is 7.89. The third-order valence-electron chi connectivity index (χ3n) is 3.89. The van der Waals surface area contributed by atoms with E-state index in [4.69, 9.17) is 5.14 Å². The van der Waals surface area contributed by atoms with Crippen LogP contribution in [0.15, 0.2) is 59.8 Å². The van der Waals surface area contributed by atoms with Crippen LogP contribution in [0.2, 0.25) is 0 Å². The normalized spacial score (nSPS) is 11.3. The molecule has 9 nitrogen and oxygen atoms in total. The maximum absolute atomic E-state index is 11.6. The van der Waals surface area contributed by atoms with Crippen molar-refractivity contribution in [3.8, 4) is 11.1 Å². The Bertz CT molecular complexity index is 1110. The molecule has 0 aliphatic heterocycles. The van der Waals surface area contributed by atoms with Gasteiger partial charge in [-0.1, -0.05) is 18.2 Å². The van der Waals surface area contributed by atoms with Gasteiger partial charge in [0, 0.05) is 43.2 Å². The Labute approximate surface area is 155 Å². The molecule has 0 aliphatic carbocycles. The molecule has 10 heteroatoms. The van der Waals surface area contributed by atoms with Gasteiger partial charge >= 0.3 is 0 Å². The van der Waals surface area contributed by atoms with Crippen molar-refractivity contribution in [3.05, 3.63) is 70.5 Å². The summed E-state index contributed by atoms with van der Waals surface area (Å²) in [7, 11) is -2.22. The number of sulfonamides is 1. The number of aromatic nitrogens is 2. The molecule has 0 radical (unpaired) electrons. The molecule has 140 valence electrons. The first kappa shape index (κ1) is 18.5. The number of nitro benzene ring substituents is 1. The summed E-state index contributed by atoms with van der Waals surface area (Å²) in [6.45, 7) is 0.347. The van der Waals surface area contributed by atoms with Gasteiger partial charge in [0.05, 0.1) is 16.0 Å². The molecule has 0 unspecified atom stereocenters. The van der Waals surface area contributed by atoms with Crippen LogP contribution in [0.25, 0.3) is 11.1 Å².